The average molecular weight is 365 g/mol. The maximum atomic E-state index is 12.8. The van der Waals surface area contributed by atoms with E-state index in [4.69, 9.17) is 9.47 Å². The molecule has 27 heavy (non-hydrogen) atoms. The van der Waals surface area contributed by atoms with Crippen LogP contribution in [0.5, 0.6) is 5.75 Å². The van der Waals surface area contributed by atoms with Gasteiger partial charge in [-0.2, -0.15) is 0 Å². The van der Waals surface area contributed by atoms with E-state index in [1.165, 1.54) is 0 Å². The Labute approximate surface area is 158 Å². The van der Waals surface area contributed by atoms with Crippen molar-refractivity contribution < 1.29 is 19.1 Å². The van der Waals surface area contributed by atoms with E-state index >= 15 is 0 Å². The minimum Gasteiger partial charge on any atom is -0.493 e. The van der Waals surface area contributed by atoms with E-state index in [1.807, 2.05) is 51.1 Å². The highest BCUT2D eigenvalue weighted by Gasteiger charge is 2.27. The summed E-state index contributed by atoms with van der Waals surface area (Å²) in [5.41, 5.74) is 4.66. The number of esters is 1. The van der Waals surface area contributed by atoms with Gasteiger partial charge in [0.15, 0.2) is 6.29 Å². The van der Waals surface area contributed by atoms with Gasteiger partial charge in [-0.15, -0.1) is 0 Å². The molecule has 5 heteroatoms. The molecule has 0 atom stereocenters. The normalized spacial score (nSPS) is 10.8. The van der Waals surface area contributed by atoms with Gasteiger partial charge in [-0.3, -0.25) is 4.79 Å². The van der Waals surface area contributed by atoms with Crippen LogP contribution in [-0.2, 0) is 4.74 Å². The van der Waals surface area contributed by atoms with Gasteiger partial charge in [0.05, 0.1) is 30.0 Å². The Morgan fingerprint density at radius 2 is 1.93 bits per heavy atom. The number of fused-ring (bicyclic) bond motifs is 1. The molecule has 3 rings (SSSR count). The fraction of sp³-hybridized carbons (Fsp3) is 0.273. The summed E-state index contributed by atoms with van der Waals surface area (Å²) in [5.74, 6) is 0.221. The average Bonchev–Trinajstić information content (AvgIpc) is 2.98. The molecule has 0 aliphatic heterocycles. The lowest BCUT2D eigenvalue weighted by Crippen LogP contribution is -2.07. The van der Waals surface area contributed by atoms with Crippen molar-refractivity contribution in [2.75, 3.05) is 13.2 Å². The van der Waals surface area contributed by atoms with Crippen molar-refractivity contribution in [2.45, 2.75) is 27.7 Å². The zero-order valence-electron chi connectivity index (χ0n) is 16.0. The minimum absolute atomic E-state index is 0.254. The molecule has 0 amide bonds. The Bertz CT molecular complexity index is 1020. The lowest BCUT2D eigenvalue weighted by Gasteiger charge is -2.15. The van der Waals surface area contributed by atoms with Crippen LogP contribution < -0.4 is 4.74 Å². The molecule has 0 radical (unpaired) electrons. The van der Waals surface area contributed by atoms with Gasteiger partial charge in [0, 0.05) is 17.3 Å². The second-order valence-electron chi connectivity index (χ2n) is 6.32. The Morgan fingerprint density at radius 3 is 2.59 bits per heavy atom. The van der Waals surface area contributed by atoms with Crippen molar-refractivity contribution in [2.24, 2.45) is 0 Å². The molecular weight excluding hydrogens is 342 g/mol. The molecule has 140 valence electrons. The van der Waals surface area contributed by atoms with Crippen LogP contribution in [-0.4, -0.2) is 29.9 Å². The van der Waals surface area contributed by atoms with Crippen molar-refractivity contribution in [1.82, 2.24) is 4.40 Å². The molecule has 0 saturated carbocycles. The molecule has 0 spiro atoms. The Hall–Kier alpha value is -3.08. The van der Waals surface area contributed by atoms with Crippen molar-refractivity contribution in [3.63, 3.8) is 0 Å². The number of benzene rings is 1. The molecule has 0 aliphatic rings. The number of hydrogen-bond donors (Lipinski definition) is 0. The zero-order chi connectivity index (χ0) is 19.6. The molecule has 0 bridgehead atoms. The van der Waals surface area contributed by atoms with Crippen molar-refractivity contribution in [3.8, 4) is 16.9 Å². The predicted octanol–water partition coefficient (Wildman–Crippen LogP) is 4.61. The molecule has 1 aromatic carbocycles. The summed E-state index contributed by atoms with van der Waals surface area (Å²) in [5, 5.41) is 0. The van der Waals surface area contributed by atoms with Gasteiger partial charge in [0.2, 0.25) is 0 Å². The molecule has 0 unspecified atom stereocenters. The third kappa shape index (κ3) is 3.21. The van der Waals surface area contributed by atoms with Gasteiger partial charge in [-0.25, -0.2) is 4.79 Å². The quantitative estimate of drug-likeness (QED) is 0.473. The molecule has 0 aliphatic carbocycles. The van der Waals surface area contributed by atoms with E-state index in [-0.39, 0.29) is 6.61 Å². The number of pyridine rings is 1. The molecule has 5 nitrogen and oxygen atoms in total. The summed E-state index contributed by atoms with van der Waals surface area (Å²) in [6.45, 7) is 8.35. The van der Waals surface area contributed by atoms with E-state index in [1.54, 1.807) is 17.5 Å². The molecule has 0 fully saturated rings. The number of hydrogen-bond acceptors (Lipinski definition) is 4. The first kappa shape index (κ1) is 18.7. The van der Waals surface area contributed by atoms with Crippen molar-refractivity contribution >= 4 is 17.8 Å². The number of carbonyl (C=O) groups excluding carboxylic acids is 2. The highest BCUT2D eigenvalue weighted by atomic mass is 16.5. The Morgan fingerprint density at radius 1 is 1.15 bits per heavy atom. The number of aromatic nitrogens is 1. The third-order valence-corrected chi connectivity index (χ3v) is 4.45. The minimum atomic E-state index is -0.453. The Balaban J connectivity index is 2.46. The predicted molar refractivity (Wildman–Crippen MR) is 105 cm³/mol. The molecular formula is C22H23NO4. The molecule has 2 aromatic heterocycles. The largest absolute Gasteiger partial charge is 0.493 e. The highest BCUT2D eigenvalue weighted by Crippen LogP contribution is 2.40. The Kier molecular flexibility index (Phi) is 5.31. The number of aldehydes is 1. The highest BCUT2D eigenvalue weighted by molar-refractivity contribution is 6.10. The number of rotatable bonds is 6. The summed E-state index contributed by atoms with van der Waals surface area (Å²) in [7, 11) is 0. The standard InChI is InChI=1S/C22H23NO4/c1-5-26-21-15(4)11-14(3)12-16(21)19-18(13-24)23-10-8-7-9-17(23)20(19)22(25)27-6-2/h7-13H,5-6H2,1-4H3. The summed E-state index contributed by atoms with van der Waals surface area (Å²) < 4.78 is 12.9. The van der Waals surface area contributed by atoms with Gasteiger partial charge >= 0.3 is 5.97 Å². The van der Waals surface area contributed by atoms with Crippen LogP contribution in [0.4, 0.5) is 0 Å². The van der Waals surface area contributed by atoms with Crippen LogP contribution in [0, 0.1) is 13.8 Å². The summed E-state index contributed by atoms with van der Waals surface area (Å²) in [6.07, 6.45) is 2.55. The molecule has 0 N–H and O–H groups in total. The number of nitrogens with zero attached hydrogens (tertiary/aromatic N) is 1. The lowest BCUT2D eigenvalue weighted by molar-refractivity contribution is 0.0529. The first-order valence-electron chi connectivity index (χ1n) is 9.03. The van der Waals surface area contributed by atoms with Gasteiger partial charge in [0.1, 0.15) is 5.75 Å². The van der Waals surface area contributed by atoms with Crippen LogP contribution in [0.1, 0.15) is 45.8 Å². The van der Waals surface area contributed by atoms with Crippen LogP contribution >= 0.6 is 0 Å². The first-order chi connectivity index (χ1) is 13.0. The molecule has 3 aromatic rings. The third-order valence-electron chi connectivity index (χ3n) is 4.45. The number of carbonyl (C=O) groups is 2. The summed E-state index contributed by atoms with van der Waals surface area (Å²) >= 11 is 0. The second-order valence-corrected chi connectivity index (χ2v) is 6.32. The fourth-order valence-corrected chi connectivity index (χ4v) is 3.51. The smallest absolute Gasteiger partial charge is 0.340 e. The van der Waals surface area contributed by atoms with Crippen LogP contribution in [0.2, 0.25) is 0 Å². The van der Waals surface area contributed by atoms with E-state index in [0.717, 1.165) is 23.0 Å². The molecule has 2 heterocycles. The van der Waals surface area contributed by atoms with E-state index in [9.17, 15) is 9.59 Å². The number of aryl methyl sites for hydroxylation is 2. The maximum absolute atomic E-state index is 12.8. The van der Waals surface area contributed by atoms with Crippen molar-refractivity contribution in [3.05, 3.63) is 58.9 Å². The molecule has 0 saturated heterocycles. The monoisotopic (exact) mass is 365 g/mol. The van der Waals surface area contributed by atoms with Gasteiger partial charge < -0.3 is 13.9 Å². The summed E-state index contributed by atoms with van der Waals surface area (Å²) in [6, 6.07) is 9.44. The second kappa shape index (κ2) is 7.66. The number of ether oxygens (including phenoxy) is 2. The van der Waals surface area contributed by atoms with Crippen molar-refractivity contribution in [1.29, 1.82) is 0 Å². The topological polar surface area (TPSA) is 57.0 Å². The zero-order valence-corrected chi connectivity index (χ0v) is 16.0. The van der Waals surface area contributed by atoms with Crippen LogP contribution in [0.3, 0.4) is 0 Å². The van der Waals surface area contributed by atoms with Crippen LogP contribution in [0.25, 0.3) is 16.6 Å². The van der Waals surface area contributed by atoms with E-state index < -0.39 is 5.97 Å². The van der Waals surface area contributed by atoms with Gasteiger partial charge in [-0.05, 0) is 57.0 Å². The van der Waals surface area contributed by atoms with Crippen LogP contribution in [0.15, 0.2) is 36.5 Å². The maximum Gasteiger partial charge on any atom is 0.340 e. The first-order valence-corrected chi connectivity index (χ1v) is 9.03. The van der Waals surface area contributed by atoms with Gasteiger partial charge in [0.25, 0.3) is 0 Å². The SMILES string of the molecule is CCOC(=O)c1c(-c2cc(C)cc(C)c2OCC)c(C=O)n2ccccc12. The summed E-state index contributed by atoms with van der Waals surface area (Å²) in [4.78, 5) is 24.9. The van der Waals surface area contributed by atoms with Gasteiger partial charge in [-0.1, -0.05) is 12.1 Å². The van der Waals surface area contributed by atoms with E-state index in [2.05, 4.69) is 0 Å². The lowest BCUT2D eigenvalue weighted by atomic mass is 9.95. The van der Waals surface area contributed by atoms with E-state index in [0.29, 0.717) is 34.7 Å². The fourth-order valence-electron chi connectivity index (χ4n) is 3.51.